The second kappa shape index (κ2) is 12.3. The molecule has 1 saturated carbocycles. The third-order valence-corrected chi connectivity index (χ3v) is 11.4. The maximum atomic E-state index is 14.0. The van der Waals surface area contributed by atoms with Crippen LogP contribution in [-0.2, 0) is 16.6 Å². The average Bonchev–Trinajstić information content (AvgIpc) is 3.89. The Kier molecular flexibility index (Phi) is 7.93. The maximum absolute atomic E-state index is 14.0. The van der Waals surface area contributed by atoms with Gasteiger partial charge in [0.1, 0.15) is 12.1 Å². The van der Waals surface area contributed by atoms with E-state index in [-0.39, 0.29) is 35.1 Å². The van der Waals surface area contributed by atoms with Gasteiger partial charge in [-0.15, -0.1) is 0 Å². The molecule has 0 bridgehead atoms. The number of fused-ring (bicyclic) bond motifs is 1. The first-order valence-electron chi connectivity index (χ1n) is 17.1. The molecule has 2 amide bonds. The molecule has 2 aromatic carbocycles. The zero-order chi connectivity index (χ0) is 32.1. The molecule has 47 heavy (non-hydrogen) atoms. The molecule has 5 atom stereocenters. The van der Waals surface area contributed by atoms with E-state index in [4.69, 9.17) is 0 Å². The van der Waals surface area contributed by atoms with Crippen LogP contribution < -0.4 is 10.9 Å². The molecular weight excluding hydrogens is 595 g/mol. The van der Waals surface area contributed by atoms with E-state index in [1.165, 1.54) is 23.3 Å². The number of aryl methyl sites for hydroxylation is 1. The summed E-state index contributed by atoms with van der Waals surface area (Å²) in [7, 11) is 1.86. The summed E-state index contributed by atoms with van der Waals surface area (Å²) < 4.78 is 15.3. The Hall–Kier alpha value is -3.93. The molecule has 3 aromatic rings. The van der Waals surface area contributed by atoms with Crippen molar-refractivity contribution in [2.24, 2.45) is 18.4 Å². The van der Waals surface area contributed by atoms with Crippen LogP contribution in [0, 0.1) is 17.2 Å². The van der Waals surface area contributed by atoms with Gasteiger partial charge in [0.2, 0.25) is 11.8 Å². The molecule has 4 aliphatic heterocycles. The number of carbonyl (C=O) groups excluding carboxylic acids is 2. The second-order valence-electron chi connectivity index (χ2n) is 14.2. The molecule has 4 unspecified atom stereocenters. The smallest absolute Gasteiger partial charge is 0.237 e. The summed E-state index contributed by atoms with van der Waals surface area (Å²) in [5, 5.41) is 4.38. The van der Waals surface area contributed by atoms with Crippen molar-refractivity contribution in [3.8, 4) is 11.4 Å². The molecule has 10 nitrogen and oxygen atoms in total. The van der Waals surface area contributed by atoms with E-state index in [9.17, 15) is 14.0 Å². The van der Waals surface area contributed by atoms with Crippen molar-refractivity contribution in [2.75, 3.05) is 39.3 Å². The molecule has 5 heterocycles. The van der Waals surface area contributed by atoms with Crippen LogP contribution in [0.25, 0.3) is 17.0 Å². The third kappa shape index (κ3) is 5.78. The minimum atomic E-state index is -0.369. The highest BCUT2D eigenvalue weighted by molar-refractivity contribution is 5.86. The molecule has 8 rings (SSSR count). The van der Waals surface area contributed by atoms with Gasteiger partial charge in [-0.05, 0) is 79.8 Å². The first-order chi connectivity index (χ1) is 22.8. The normalized spacial score (nSPS) is 29.5. The molecule has 1 spiro atoms. The fourth-order valence-corrected chi connectivity index (χ4v) is 8.74. The van der Waals surface area contributed by atoms with E-state index in [1.807, 2.05) is 24.1 Å². The Morgan fingerprint density at radius 3 is 2.53 bits per heavy atom. The molecule has 3 saturated heterocycles. The summed E-state index contributed by atoms with van der Waals surface area (Å²) in [4.78, 5) is 38.1. The van der Waals surface area contributed by atoms with Crippen molar-refractivity contribution < 1.29 is 14.0 Å². The Balaban J connectivity index is 0.848. The van der Waals surface area contributed by atoms with E-state index < -0.39 is 0 Å². The van der Waals surface area contributed by atoms with Crippen LogP contribution in [0.15, 0.2) is 60.9 Å². The minimum Gasteiger partial charge on any atom is -0.339 e. The van der Waals surface area contributed by atoms with Crippen LogP contribution in [0.1, 0.15) is 55.7 Å². The lowest BCUT2D eigenvalue weighted by Crippen LogP contribution is -2.47. The van der Waals surface area contributed by atoms with Crippen LogP contribution in [0.3, 0.4) is 0 Å². The molecule has 246 valence electrons. The quantitative estimate of drug-likeness (QED) is 0.426. The number of benzene rings is 2. The van der Waals surface area contributed by atoms with Gasteiger partial charge in [0.05, 0.1) is 18.0 Å². The molecule has 1 aromatic heterocycles. The lowest BCUT2D eigenvalue weighted by Gasteiger charge is -2.38. The number of nitrogens with zero attached hydrogens (tertiary/aromatic N) is 6. The van der Waals surface area contributed by atoms with E-state index in [2.05, 4.69) is 61.1 Å². The summed E-state index contributed by atoms with van der Waals surface area (Å²) in [6.07, 6.45) is 9.32. The fraction of sp³-hybridized carbons (Fsp3) is 0.500. The van der Waals surface area contributed by atoms with Crippen LogP contribution in [0.2, 0.25) is 0 Å². The standard InChI is InChI=1S/C36H43FN8O2/c1-42-23-38-34(41-42)27-4-2-24(3-5-27)25-12-16-44(17-13-25)32(46)21-43-18-14-36(22-43)15-19-45(35(36)47)29-10-11-31-30(20-29)33(40-39-31)26-6-8-28(37)9-7-26/h2-9,12,23,29-31,33,39-40H,10-11,13-22H2,1H3/t29?,30?,31?,33?,36-/m0/s1. The lowest BCUT2D eigenvalue weighted by molar-refractivity contribution is -0.139. The van der Waals surface area contributed by atoms with Crippen molar-refractivity contribution in [1.82, 2.24) is 40.3 Å². The maximum Gasteiger partial charge on any atom is 0.237 e. The van der Waals surface area contributed by atoms with Crippen molar-refractivity contribution in [3.05, 3.63) is 77.9 Å². The van der Waals surface area contributed by atoms with Crippen LogP contribution in [0.4, 0.5) is 4.39 Å². The number of hydrogen-bond donors (Lipinski definition) is 2. The lowest BCUT2D eigenvalue weighted by atomic mass is 9.76. The van der Waals surface area contributed by atoms with Crippen molar-refractivity contribution >= 4 is 17.4 Å². The number of hydrazine groups is 1. The van der Waals surface area contributed by atoms with E-state index >= 15 is 0 Å². The molecule has 5 aliphatic rings. The van der Waals surface area contributed by atoms with Crippen molar-refractivity contribution in [3.63, 3.8) is 0 Å². The number of carbonyl (C=O) groups is 2. The zero-order valence-electron chi connectivity index (χ0n) is 26.9. The first kappa shape index (κ1) is 30.4. The van der Waals surface area contributed by atoms with E-state index in [0.717, 1.165) is 62.7 Å². The number of hydrogen-bond acceptors (Lipinski definition) is 7. The Labute approximate surface area is 275 Å². The van der Waals surface area contributed by atoms with E-state index in [0.29, 0.717) is 44.0 Å². The molecule has 2 N–H and O–H groups in total. The third-order valence-electron chi connectivity index (χ3n) is 11.4. The number of likely N-dealkylation sites (tertiary alicyclic amines) is 2. The molecular formula is C36H43FN8O2. The zero-order valence-corrected chi connectivity index (χ0v) is 26.9. The van der Waals surface area contributed by atoms with Gasteiger partial charge in [0.25, 0.3) is 0 Å². The second-order valence-corrected chi connectivity index (χ2v) is 14.2. The van der Waals surface area contributed by atoms with Gasteiger partial charge >= 0.3 is 0 Å². The average molecular weight is 639 g/mol. The topological polar surface area (TPSA) is 98.6 Å². The van der Waals surface area contributed by atoms with Crippen molar-refractivity contribution in [1.29, 1.82) is 0 Å². The highest BCUT2D eigenvalue weighted by Crippen LogP contribution is 2.45. The number of nitrogens with one attached hydrogen (secondary N) is 2. The first-order valence-corrected chi connectivity index (χ1v) is 17.1. The summed E-state index contributed by atoms with van der Waals surface area (Å²) in [6, 6.07) is 15.8. The highest BCUT2D eigenvalue weighted by atomic mass is 19.1. The van der Waals surface area contributed by atoms with Crippen LogP contribution >= 0.6 is 0 Å². The van der Waals surface area contributed by atoms with Crippen LogP contribution in [-0.4, -0.2) is 92.6 Å². The van der Waals surface area contributed by atoms with Gasteiger partial charge in [0.15, 0.2) is 5.82 Å². The molecule has 11 heteroatoms. The summed E-state index contributed by atoms with van der Waals surface area (Å²) in [5.74, 6) is 1.26. The van der Waals surface area contributed by atoms with Gasteiger partial charge in [-0.1, -0.05) is 42.5 Å². The van der Waals surface area contributed by atoms with Gasteiger partial charge in [-0.3, -0.25) is 24.6 Å². The van der Waals surface area contributed by atoms with Gasteiger partial charge in [-0.2, -0.15) is 5.10 Å². The van der Waals surface area contributed by atoms with Crippen LogP contribution in [0.5, 0.6) is 0 Å². The summed E-state index contributed by atoms with van der Waals surface area (Å²) in [6.45, 7) is 3.92. The Morgan fingerprint density at radius 1 is 1.00 bits per heavy atom. The number of rotatable bonds is 6. The van der Waals surface area contributed by atoms with Gasteiger partial charge in [0, 0.05) is 50.9 Å². The number of amides is 2. The Morgan fingerprint density at radius 2 is 1.79 bits per heavy atom. The van der Waals surface area contributed by atoms with E-state index in [1.54, 1.807) is 11.0 Å². The van der Waals surface area contributed by atoms with Gasteiger partial charge < -0.3 is 9.80 Å². The Bertz CT molecular complexity index is 1670. The summed E-state index contributed by atoms with van der Waals surface area (Å²) >= 11 is 0. The highest BCUT2D eigenvalue weighted by Gasteiger charge is 2.53. The fourth-order valence-electron chi connectivity index (χ4n) is 8.74. The largest absolute Gasteiger partial charge is 0.339 e. The predicted octanol–water partition coefficient (Wildman–Crippen LogP) is 3.55. The molecule has 4 fully saturated rings. The summed E-state index contributed by atoms with van der Waals surface area (Å²) in [5.41, 5.74) is 11.0. The number of halogens is 1. The minimum absolute atomic E-state index is 0.110. The molecule has 0 radical (unpaired) electrons. The number of aromatic nitrogens is 3. The van der Waals surface area contributed by atoms with Gasteiger partial charge in [-0.25, -0.2) is 14.8 Å². The monoisotopic (exact) mass is 638 g/mol. The molecule has 1 aliphatic carbocycles. The SMILES string of the molecule is Cn1cnc(-c2ccc(C3=CCN(C(=O)CN4CC[C@]5(CCN(C6CCC7NNC(c8ccc(F)cc8)C7C6)C5=O)C4)CC3)cc2)n1. The predicted molar refractivity (Wildman–Crippen MR) is 176 cm³/mol. The van der Waals surface area contributed by atoms with Crippen molar-refractivity contribution in [2.45, 2.75) is 56.7 Å².